The molecule has 0 atom stereocenters. The van der Waals surface area contributed by atoms with Crippen molar-refractivity contribution in [3.05, 3.63) is 65.2 Å². The molecule has 3 N–H and O–H groups in total. The van der Waals surface area contributed by atoms with Crippen LogP contribution in [-0.4, -0.2) is 19.1 Å². The van der Waals surface area contributed by atoms with Crippen molar-refractivity contribution in [2.45, 2.75) is 32.7 Å². The van der Waals surface area contributed by atoms with E-state index in [9.17, 15) is 4.79 Å². The molecule has 0 spiro atoms. The Kier molecular flexibility index (Phi) is 7.30. The van der Waals surface area contributed by atoms with E-state index >= 15 is 0 Å². The Morgan fingerprint density at radius 2 is 2.00 bits per heavy atom. The van der Waals surface area contributed by atoms with Gasteiger partial charge in [0.15, 0.2) is 0 Å². The molecule has 128 valence electrons. The van der Waals surface area contributed by atoms with E-state index in [1.54, 1.807) is 6.07 Å². The predicted octanol–water partition coefficient (Wildman–Crippen LogP) is 3.30. The topological polar surface area (TPSA) is 64.3 Å². The summed E-state index contributed by atoms with van der Waals surface area (Å²) in [7, 11) is 0. The normalized spacial score (nSPS) is 12.4. The number of amides is 1. The minimum atomic E-state index is -0.381. The van der Waals surface area contributed by atoms with Crippen LogP contribution in [0, 0.1) is 0 Å². The van der Waals surface area contributed by atoms with Gasteiger partial charge >= 0.3 is 0 Å². The largest absolute Gasteiger partial charge is 0.493 e. The Morgan fingerprint density at radius 1 is 1.21 bits per heavy atom. The van der Waals surface area contributed by atoms with Crippen molar-refractivity contribution in [1.29, 1.82) is 0 Å². The molecule has 2 aromatic rings. The summed E-state index contributed by atoms with van der Waals surface area (Å²) in [6, 6.07) is 15.8. The summed E-state index contributed by atoms with van der Waals surface area (Å²) in [6.45, 7) is 5.05. The van der Waals surface area contributed by atoms with Crippen LogP contribution < -0.4 is 15.8 Å². The molecule has 4 heteroatoms. The van der Waals surface area contributed by atoms with Crippen molar-refractivity contribution in [3.8, 4) is 5.75 Å². The minimum Gasteiger partial charge on any atom is -0.493 e. The van der Waals surface area contributed by atoms with Crippen molar-refractivity contribution in [3.63, 3.8) is 0 Å². The van der Waals surface area contributed by atoms with Gasteiger partial charge in [0.25, 0.3) is 0 Å². The second-order valence-corrected chi connectivity index (χ2v) is 5.80. The zero-order valence-corrected chi connectivity index (χ0v) is 14.3. The summed E-state index contributed by atoms with van der Waals surface area (Å²) in [5.41, 5.74) is 8.17. The van der Waals surface area contributed by atoms with Gasteiger partial charge in [0.1, 0.15) is 5.75 Å². The van der Waals surface area contributed by atoms with Crippen molar-refractivity contribution < 1.29 is 9.53 Å². The molecule has 0 fully saturated rings. The highest BCUT2D eigenvalue weighted by Gasteiger charge is 2.11. The van der Waals surface area contributed by atoms with E-state index in [1.807, 2.05) is 18.2 Å². The second kappa shape index (κ2) is 9.73. The van der Waals surface area contributed by atoms with Crippen LogP contribution in [0.15, 0.2) is 48.5 Å². The number of rotatable bonds is 5. The van der Waals surface area contributed by atoms with Gasteiger partial charge in [-0.3, -0.25) is 4.79 Å². The first kappa shape index (κ1) is 18.0. The van der Waals surface area contributed by atoms with Crippen molar-refractivity contribution >= 4 is 5.91 Å². The molecule has 1 amide bonds. The number of hydrogen-bond donors (Lipinski definition) is 2. The minimum absolute atomic E-state index is 0.381. The number of nitrogens with two attached hydrogens (primary N) is 1. The molecule has 2 aromatic carbocycles. The van der Waals surface area contributed by atoms with Gasteiger partial charge in [0.2, 0.25) is 5.91 Å². The smallest absolute Gasteiger partial charge is 0.248 e. The number of carbonyl (C=O) groups is 1. The van der Waals surface area contributed by atoms with Gasteiger partial charge < -0.3 is 15.8 Å². The molecule has 0 aromatic heterocycles. The maximum atomic E-state index is 10.9. The highest BCUT2D eigenvalue weighted by molar-refractivity contribution is 5.93. The lowest BCUT2D eigenvalue weighted by Crippen LogP contribution is -2.13. The number of hydrogen-bond acceptors (Lipinski definition) is 3. The van der Waals surface area contributed by atoms with Crippen LogP contribution in [0.5, 0.6) is 5.75 Å². The molecular formula is C20H26N2O2. The van der Waals surface area contributed by atoms with Gasteiger partial charge in [-0.2, -0.15) is 0 Å². The number of primary amides is 1. The Hall–Kier alpha value is -2.33. The third-order valence-corrected chi connectivity index (χ3v) is 3.79. The molecular weight excluding hydrogens is 300 g/mol. The standard InChI is InChI=1S/C10H11NO2.C10H15N/c11-10(12)8-3-4-9-7(6-8)2-1-5-13-9;1-2-8-11-9-10-6-4-3-5-7-10/h3-4,6H,1-2,5H2,(H2,11,12);3-7,11H,2,8-9H2,1H3. The average Bonchev–Trinajstić information content (AvgIpc) is 2.63. The van der Waals surface area contributed by atoms with Gasteiger partial charge in [-0.15, -0.1) is 0 Å². The van der Waals surface area contributed by atoms with Gasteiger partial charge in [0, 0.05) is 12.1 Å². The first-order valence-corrected chi connectivity index (χ1v) is 8.51. The average molecular weight is 326 g/mol. The highest BCUT2D eigenvalue weighted by atomic mass is 16.5. The monoisotopic (exact) mass is 326 g/mol. The fourth-order valence-electron chi connectivity index (χ4n) is 2.52. The van der Waals surface area contributed by atoms with Crippen LogP contribution in [0.4, 0.5) is 0 Å². The first-order valence-electron chi connectivity index (χ1n) is 8.51. The Morgan fingerprint density at radius 3 is 2.71 bits per heavy atom. The van der Waals surface area contributed by atoms with Crippen molar-refractivity contribution in [1.82, 2.24) is 5.32 Å². The molecule has 24 heavy (non-hydrogen) atoms. The number of fused-ring (bicyclic) bond motifs is 1. The van der Waals surface area contributed by atoms with Gasteiger partial charge in [-0.1, -0.05) is 37.3 Å². The fraction of sp³-hybridized carbons (Fsp3) is 0.350. The Balaban J connectivity index is 0.000000177. The van der Waals surface area contributed by atoms with Crippen LogP contribution in [-0.2, 0) is 13.0 Å². The Bertz CT molecular complexity index is 641. The Labute approximate surface area is 144 Å². The van der Waals surface area contributed by atoms with Gasteiger partial charge in [0.05, 0.1) is 6.61 Å². The molecule has 0 radical (unpaired) electrons. The quantitative estimate of drug-likeness (QED) is 0.829. The maximum Gasteiger partial charge on any atom is 0.248 e. The van der Waals surface area contributed by atoms with Crippen LogP contribution in [0.1, 0.15) is 41.3 Å². The van der Waals surface area contributed by atoms with Crippen molar-refractivity contribution in [2.24, 2.45) is 5.73 Å². The van der Waals surface area contributed by atoms with E-state index in [1.165, 1.54) is 12.0 Å². The summed E-state index contributed by atoms with van der Waals surface area (Å²) < 4.78 is 5.41. The van der Waals surface area contributed by atoms with E-state index in [2.05, 4.69) is 36.5 Å². The fourth-order valence-corrected chi connectivity index (χ4v) is 2.52. The lowest BCUT2D eigenvalue weighted by atomic mass is 10.0. The second-order valence-electron chi connectivity index (χ2n) is 5.80. The number of ether oxygens (including phenoxy) is 1. The third-order valence-electron chi connectivity index (χ3n) is 3.79. The zero-order chi connectivity index (χ0) is 17.2. The lowest BCUT2D eigenvalue weighted by molar-refractivity contribution is 0.1000. The number of benzene rings is 2. The molecule has 1 heterocycles. The number of aryl methyl sites for hydroxylation is 1. The van der Waals surface area contributed by atoms with E-state index in [4.69, 9.17) is 10.5 Å². The molecule has 0 saturated heterocycles. The molecule has 4 nitrogen and oxygen atoms in total. The summed E-state index contributed by atoms with van der Waals surface area (Å²) in [6.07, 6.45) is 3.18. The molecule has 0 unspecified atom stereocenters. The molecule has 0 bridgehead atoms. The highest BCUT2D eigenvalue weighted by Crippen LogP contribution is 2.25. The maximum absolute atomic E-state index is 10.9. The molecule has 1 aliphatic rings. The summed E-state index contributed by atoms with van der Waals surface area (Å²) in [4.78, 5) is 10.9. The van der Waals surface area contributed by atoms with Crippen molar-refractivity contribution in [2.75, 3.05) is 13.2 Å². The van der Waals surface area contributed by atoms with Crippen LogP contribution >= 0.6 is 0 Å². The van der Waals surface area contributed by atoms with E-state index in [0.29, 0.717) is 5.56 Å². The zero-order valence-electron chi connectivity index (χ0n) is 14.3. The van der Waals surface area contributed by atoms with E-state index < -0.39 is 0 Å². The predicted molar refractivity (Wildman–Crippen MR) is 97.2 cm³/mol. The molecule has 0 saturated carbocycles. The number of nitrogens with one attached hydrogen (secondary N) is 1. The van der Waals surface area contributed by atoms with Crippen LogP contribution in [0.25, 0.3) is 0 Å². The lowest BCUT2D eigenvalue weighted by Gasteiger charge is -2.17. The molecule has 3 rings (SSSR count). The SMILES string of the molecule is CCCNCc1ccccc1.NC(=O)c1ccc2c(c1)CCCO2. The van der Waals surface area contributed by atoms with Crippen LogP contribution in [0.3, 0.4) is 0 Å². The summed E-state index contributed by atoms with van der Waals surface area (Å²) >= 11 is 0. The van der Waals surface area contributed by atoms with E-state index in [0.717, 1.165) is 43.9 Å². The third kappa shape index (κ3) is 5.70. The van der Waals surface area contributed by atoms with Gasteiger partial charge in [-0.25, -0.2) is 0 Å². The van der Waals surface area contributed by atoms with Gasteiger partial charge in [-0.05, 0) is 55.1 Å². The first-order chi connectivity index (χ1) is 11.7. The molecule has 0 aliphatic carbocycles. The summed E-state index contributed by atoms with van der Waals surface area (Å²) in [5, 5.41) is 3.35. The summed E-state index contributed by atoms with van der Waals surface area (Å²) in [5.74, 6) is 0.504. The number of carbonyl (C=O) groups excluding carboxylic acids is 1. The van der Waals surface area contributed by atoms with E-state index in [-0.39, 0.29) is 5.91 Å². The van der Waals surface area contributed by atoms with Crippen LogP contribution in [0.2, 0.25) is 0 Å². The molecule has 1 aliphatic heterocycles.